The number of nitro benzene ring substituents is 1. The lowest BCUT2D eigenvalue weighted by Gasteiger charge is -2.07. The second-order valence-corrected chi connectivity index (χ2v) is 3.37. The van der Waals surface area contributed by atoms with Gasteiger partial charge in [0.1, 0.15) is 6.61 Å². The topological polar surface area (TPSA) is 89.7 Å². The number of rotatable bonds is 5. The largest absolute Gasteiger partial charge is 0.485 e. The third kappa shape index (κ3) is 3.09. The Morgan fingerprint density at radius 3 is 2.75 bits per heavy atom. The van der Waals surface area contributed by atoms with Gasteiger partial charge in [-0.25, -0.2) is 0 Å². The number of carboxylic acids is 1. The molecule has 1 aromatic carbocycles. The summed E-state index contributed by atoms with van der Waals surface area (Å²) in [5.41, 5.74) is -0.225. The van der Waals surface area contributed by atoms with Gasteiger partial charge in [0.05, 0.1) is 4.92 Å². The maximum absolute atomic E-state index is 10.6. The highest BCUT2D eigenvalue weighted by Gasteiger charge is 2.18. The molecule has 16 heavy (non-hydrogen) atoms. The van der Waals surface area contributed by atoms with Gasteiger partial charge in [-0.1, -0.05) is 12.1 Å². The number of alkyl halides is 1. The molecule has 0 aliphatic heterocycles. The molecule has 1 rings (SSSR count). The van der Waals surface area contributed by atoms with E-state index >= 15 is 0 Å². The summed E-state index contributed by atoms with van der Waals surface area (Å²) in [6, 6.07) is 5.68. The molecular formula is C9H8ClNO5. The van der Waals surface area contributed by atoms with Crippen molar-refractivity contribution < 1.29 is 19.6 Å². The fraction of sp³-hybridized carbons (Fsp3) is 0.222. The lowest BCUT2D eigenvalue weighted by atomic mass is 10.3. The molecular weight excluding hydrogens is 238 g/mol. The van der Waals surface area contributed by atoms with Crippen molar-refractivity contribution in [2.75, 3.05) is 6.61 Å². The highest BCUT2D eigenvalue weighted by atomic mass is 35.5. The van der Waals surface area contributed by atoms with E-state index in [1.165, 1.54) is 18.2 Å². The molecule has 0 saturated heterocycles. The minimum atomic E-state index is -1.24. The zero-order valence-electron chi connectivity index (χ0n) is 8.00. The number of nitrogens with zero attached hydrogens (tertiary/aromatic N) is 1. The van der Waals surface area contributed by atoms with Gasteiger partial charge < -0.3 is 9.84 Å². The number of para-hydroxylation sites is 2. The second kappa shape index (κ2) is 5.32. The number of halogens is 1. The van der Waals surface area contributed by atoms with Crippen LogP contribution in [0.15, 0.2) is 24.3 Å². The van der Waals surface area contributed by atoms with Gasteiger partial charge in [-0.3, -0.25) is 14.9 Å². The molecule has 0 saturated carbocycles. The quantitative estimate of drug-likeness (QED) is 0.484. The Balaban J connectivity index is 2.74. The van der Waals surface area contributed by atoms with Gasteiger partial charge in [-0.15, -0.1) is 11.6 Å². The van der Waals surface area contributed by atoms with Crippen LogP contribution < -0.4 is 4.74 Å². The number of benzene rings is 1. The van der Waals surface area contributed by atoms with Crippen molar-refractivity contribution in [2.24, 2.45) is 0 Å². The minimum Gasteiger partial charge on any atom is -0.485 e. The van der Waals surface area contributed by atoms with E-state index in [2.05, 4.69) is 0 Å². The number of carbonyl (C=O) groups is 1. The van der Waals surface area contributed by atoms with Crippen molar-refractivity contribution in [3.63, 3.8) is 0 Å². The summed E-state index contributed by atoms with van der Waals surface area (Å²) in [7, 11) is 0. The maximum Gasteiger partial charge on any atom is 0.325 e. The third-order valence-corrected chi connectivity index (χ3v) is 2.03. The van der Waals surface area contributed by atoms with Crippen molar-refractivity contribution in [1.29, 1.82) is 0 Å². The summed E-state index contributed by atoms with van der Waals surface area (Å²) >= 11 is 5.40. The first-order valence-corrected chi connectivity index (χ1v) is 4.69. The molecule has 1 aromatic rings. The minimum absolute atomic E-state index is 0.000556. The lowest BCUT2D eigenvalue weighted by Crippen LogP contribution is -2.21. The molecule has 0 aliphatic carbocycles. The van der Waals surface area contributed by atoms with E-state index in [0.717, 1.165) is 0 Å². The van der Waals surface area contributed by atoms with Crippen LogP contribution in [0.3, 0.4) is 0 Å². The molecule has 0 aromatic heterocycles. The van der Waals surface area contributed by atoms with Gasteiger partial charge in [0.15, 0.2) is 11.1 Å². The van der Waals surface area contributed by atoms with Gasteiger partial charge in [0, 0.05) is 6.07 Å². The van der Waals surface area contributed by atoms with Crippen LogP contribution in [0.2, 0.25) is 0 Å². The van der Waals surface area contributed by atoms with E-state index in [0.29, 0.717) is 0 Å². The molecule has 1 unspecified atom stereocenters. The maximum atomic E-state index is 10.6. The van der Waals surface area contributed by atoms with E-state index in [1.54, 1.807) is 6.07 Å². The number of ether oxygens (including phenoxy) is 1. The highest BCUT2D eigenvalue weighted by Crippen LogP contribution is 2.26. The van der Waals surface area contributed by atoms with Crippen LogP contribution in [0.25, 0.3) is 0 Å². The lowest BCUT2D eigenvalue weighted by molar-refractivity contribution is -0.385. The molecule has 7 heteroatoms. The average Bonchev–Trinajstić information content (AvgIpc) is 2.25. The molecule has 86 valence electrons. The van der Waals surface area contributed by atoms with Crippen molar-refractivity contribution in [2.45, 2.75) is 5.38 Å². The van der Waals surface area contributed by atoms with E-state index in [-0.39, 0.29) is 18.0 Å². The fourth-order valence-electron chi connectivity index (χ4n) is 0.964. The summed E-state index contributed by atoms with van der Waals surface area (Å²) in [5, 5.41) is 17.8. The summed E-state index contributed by atoms with van der Waals surface area (Å²) in [6.07, 6.45) is 0. The Hall–Kier alpha value is -1.82. The predicted molar refractivity (Wildman–Crippen MR) is 55.9 cm³/mol. The Kier molecular flexibility index (Phi) is 4.07. The molecule has 1 atom stereocenters. The Labute approximate surface area is 95.6 Å². The summed E-state index contributed by atoms with van der Waals surface area (Å²) < 4.78 is 4.97. The summed E-state index contributed by atoms with van der Waals surface area (Å²) in [6.45, 7) is -0.332. The molecule has 0 radical (unpaired) electrons. The molecule has 0 fully saturated rings. The number of carboxylic acid groups (broad SMARTS) is 1. The molecule has 0 spiro atoms. The Morgan fingerprint density at radius 2 is 2.19 bits per heavy atom. The van der Waals surface area contributed by atoms with Gasteiger partial charge in [0.25, 0.3) is 0 Å². The van der Waals surface area contributed by atoms with Gasteiger partial charge in [-0.05, 0) is 6.07 Å². The Bertz CT molecular complexity index is 409. The van der Waals surface area contributed by atoms with Gasteiger partial charge in [-0.2, -0.15) is 0 Å². The summed E-state index contributed by atoms with van der Waals surface area (Å²) in [4.78, 5) is 20.4. The van der Waals surface area contributed by atoms with Gasteiger partial charge >= 0.3 is 11.7 Å². The Morgan fingerprint density at radius 1 is 1.56 bits per heavy atom. The first-order chi connectivity index (χ1) is 7.52. The van der Waals surface area contributed by atoms with Crippen molar-refractivity contribution in [3.05, 3.63) is 34.4 Å². The van der Waals surface area contributed by atoms with Crippen LogP contribution in [0.5, 0.6) is 5.75 Å². The predicted octanol–water partition coefficient (Wildman–Crippen LogP) is 1.67. The smallest absolute Gasteiger partial charge is 0.325 e. The van der Waals surface area contributed by atoms with Crippen LogP contribution in [0.1, 0.15) is 0 Å². The first kappa shape index (κ1) is 12.3. The highest BCUT2D eigenvalue weighted by molar-refractivity contribution is 6.29. The second-order valence-electron chi connectivity index (χ2n) is 2.84. The average molecular weight is 246 g/mol. The van der Waals surface area contributed by atoms with Crippen LogP contribution in [-0.4, -0.2) is 28.0 Å². The zero-order valence-corrected chi connectivity index (χ0v) is 8.76. The van der Waals surface area contributed by atoms with E-state index in [9.17, 15) is 14.9 Å². The molecule has 0 aliphatic rings. The molecule has 1 N–H and O–H groups in total. The molecule has 6 nitrogen and oxygen atoms in total. The molecule has 0 amide bonds. The van der Waals surface area contributed by atoms with Crippen molar-refractivity contribution in [3.8, 4) is 5.75 Å². The number of aliphatic carboxylic acids is 1. The van der Waals surface area contributed by atoms with Gasteiger partial charge in [0.2, 0.25) is 0 Å². The van der Waals surface area contributed by atoms with E-state index < -0.39 is 16.3 Å². The van der Waals surface area contributed by atoms with Crippen molar-refractivity contribution >= 4 is 23.3 Å². The van der Waals surface area contributed by atoms with Crippen LogP contribution >= 0.6 is 11.6 Å². The summed E-state index contributed by atoms with van der Waals surface area (Å²) in [5.74, 6) is -1.24. The monoisotopic (exact) mass is 245 g/mol. The van der Waals surface area contributed by atoms with Crippen LogP contribution in [0, 0.1) is 10.1 Å². The number of nitro groups is 1. The zero-order chi connectivity index (χ0) is 12.1. The van der Waals surface area contributed by atoms with E-state index in [1.807, 2.05) is 0 Å². The fourth-order valence-corrected chi connectivity index (χ4v) is 1.03. The van der Waals surface area contributed by atoms with Crippen molar-refractivity contribution in [1.82, 2.24) is 0 Å². The third-order valence-electron chi connectivity index (χ3n) is 1.72. The normalized spacial score (nSPS) is 11.8. The molecule has 0 bridgehead atoms. The number of hydrogen-bond donors (Lipinski definition) is 1. The van der Waals surface area contributed by atoms with Crippen LogP contribution in [-0.2, 0) is 4.79 Å². The number of hydrogen-bond acceptors (Lipinski definition) is 4. The SMILES string of the molecule is O=C(O)C(Cl)COc1ccccc1[N+](=O)[O-]. The van der Waals surface area contributed by atoms with E-state index in [4.69, 9.17) is 21.4 Å². The molecule has 0 heterocycles. The standard InChI is InChI=1S/C9H8ClNO5/c10-6(9(12)13)5-16-8-4-2-1-3-7(8)11(14)15/h1-4,6H,5H2,(H,12,13). The first-order valence-electron chi connectivity index (χ1n) is 4.25. The van der Waals surface area contributed by atoms with Crippen LogP contribution in [0.4, 0.5) is 5.69 Å².